The minimum atomic E-state index is -0.0966. The first-order valence-corrected chi connectivity index (χ1v) is 14.8. The van der Waals surface area contributed by atoms with Crippen LogP contribution < -0.4 is 0 Å². The molecule has 2 saturated carbocycles. The molecule has 0 heterocycles. The molecule has 32 heavy (non-hydrogen) atoms. The Balaban J connectivity index is 1.39. The average molecular weight is 440 g/mol. The molecule has 3 aliphatic carbocycles. The molecule has 0 aromatic heterocycles. The van der Waals surface area contributed by atoms with Crippen molar-refractivity contribution in [3.8, 4) is 6.07 Å². The summed E-state index contributed by atoms with van der Waals surface area (Å²) in [5.74, 6) is 3.78. The van der Waals surface area contributed by atoms with E-state index in [2.05, 4.69) is 26.0 Å². The standard InChI is InChI=1S/C31H53N/c1-3-5-7-8-10-12-26-13-17-28(18-14-26)29-21-23-31(25-32,24-22-29)30-19-15-27(16-20-30)11-9-6-4-2/h19,26-29H,3-18,20-24H2,1-2H3. The molecule has 0 saturated heterocycles. The Kier molecular flexibility index (Phi) is 11.2. The van der Waals surface area contributed by atoms with Gasteiger partial charge in [-0.25, -0.2) is 0 Å². The molecule has 1 atom stereocenters. The molecule has 0 amide bonds. The summed E-state index contributed by atoms with van der Waals surface area (Å²) < 4.78 is 0. The topological polar surface area (TPSA) is 23.8 Å². The summed E-state index contributed by atoms with van der Waals surface area (Å²) in [6.07, 6.45) is 31.4. The van der Waals surface area contributed by atoms with E-state index in [4.69, 9.17) is 0 Å². The second-order valence-corrected chi connectivity index (χ2v) is 11.9. The number of hydrogen-bond donors (Lipinski definition) is 0. The predicted octanol–water partition coefficient (Wildman–Crippen LogP) is 10.2. The number of unbranched alkanes of at least 4 members (excludes halogenated alkanes) is 6. The van der Waals surface area contributed by atoms with Gasteiger partial charge in [0, 0.05) is 0 Å². The lowest BCUT2D eigenvalue weighted by atomic mass is 9.61. The zero-order chi connectivity index (χ0) is 22.7. The third-order valence-corrected chi connectivity index (χ3v) is 9.72. The maximum absolute atomic E-state index is 10.2. The van der Waals surface area contributed by atoms with E-state index < -0.39 is 0 Å². The third-order valence-electron chi connectivity index (χ3n) is 9.72. The monoisotopic (exact) mass is 439 g/mol. The summed E-state index contributed by atoms with van der Waals surface area (Å²) in [6, 6.07) is 2.85. The highest BCUT2D eigenvalue weighted by Crippen LogP contribution is 2.51. The van der Waals surface area contributed by atoms with Crippen molar-refractivity contribution < 1.29 is 0 Å². The molecule has 0 radical (unpaired) electrons. The Hall–Kier alpha value is -0.770. The first-order chi connectivity index (χ1) is 15.7. The van der Waals surface area contributed by atoms with Gasteiger partial charge in [-0.2, -0.15) is 5.26 Å². The fourth-order valence-electron chi connectivity index (χ4n) is 7.36. The van der Waals surface area contributed by atoms with Gasteiger partial charge in [0.2, 0.25) is 0 Å². The quantitative estimate of drug-likeness (QED) is 0.219. The van der Waals surface area contributed by atoms with Gasteiger partial charge < -0.3 is 0 Å². The van der Waals surface area contributed by atoms with Crippen LogP contribution in [-0.4, -0.2) is 0 Å². The van der Waals surface area contributed by atoms with Crippen molar-refractivity contribution in [3.63, 3.8) is 0 Å². The van der Waals surface area contributed by atoms with E-state index in [1.807, 2.05) is 0 Å². The fraction of sp³-hybridized carbons (Fsp3) is 0.903. The number of nitrogens with zero attached hydrogens (tertiary/aromatic N) is 1. The Bertz CT molecular complexity index is 580. The highest BCUT2D eigenvalue weighted by Gasteiger charge is 2.41. The second-order valence-electron chi connectivity index (χ2n) is 11.9. The van der Waals surface area contributed by atoms with Crippen molar-refractivity contribution >= 4 is 0 Å². The molecule has 182 valence electrons. The van der Waals surface area contributed by atoms with Gasteiger partial charge in [-0.15, -0.1) is 0 Å². The van der Waals surface area contributed by atoms with Crippen LogP contribution in [0.3, 0.4) is 0 Å². The molecule has 3 aliphatic rings. The van der Waals surface area contributed by atoms with Gasteiger partial charge >= 0.3 is 0 Å². The van der Waals surface area contributed by atoms with Gasteiger partial charge in [0.05, 0.1) is 11.5 Å². The van der Waals surface area contributed by atoms with Crippen molar-refractivity contribution in [1.82, 2.24) is 0 Å². The summed E-state index contributed by atoms with van der Waals surface area (Å²) in [5, 5.41) is 10.2. The van der Waals surface area contributed by atoms with Crippen molar-refractivity contribution in [3.05, 3.63) is 11.6 Å². The Labute approximate surface area is 200 Å². The van der Waals surface area contributed by atoms with Gasteiger partial charge in [0.25, 0.3) is 0 Å². The van der Waals surface area contributed by atoms with Crippen molar-refractivity contribution in [2.45, 2.75) is 149 Å². The van der Waals surface area contributed by atoms with Gasteiger partial charge in [-0.1, -0.05) is 103 Å². The van der Waals surface area contributed by atoms with Crippen LogP contribution in [0.1, 0.15) is 149 Å². The molecule has 1 heteroatoms. The molecule has 0 aliphatic heterocycles. The normalized spacial score (nSPS) is 33.5. The smallest absolute Gasteiger partial charge is 0.0782 e. The van der Waals surface area contributed by atoms with Gasteiger partial charge in [0.1, 0.15) is 0 Å². The first-order valence-electron chi connectivity index (χ1n) is 14.8. The molecule has 2 fully saturated rings. The number of hydrogen-bond acceptors (Lipinski definition) is 1. The average Bonchev–Trinajstić information content (AvgIpc) is 2.85. The van der Waals surface area contributed by atoms with Crippen LogP contribution >= 0.6 is 0 Å². The molecule has 1 unspecified atom stereocenters. The lowest BCUT2D eigenvalue weighted by molar-refractivity contribution is 0.130. The third kappa shape index (κ3) is 7.37. The van der Waals surface area contributed by atoms with Gasteiger partial charge in [-0.3, -0.25) is 0 Å². The maximum Gasteiger partial charge on any atom is 0.0782 e. The number of allylic oxidation sites excluding steroid dienone is 2. The Morgan fingerprint density at radius 3 is 1.97 bits per heavy atom. The first kappa shape index (κ1) is 25.8. The predicted molar refractivity (Wildman–Crippen MR) is 138 cm³/mol. The number of nitriles is 1. The van der Waals surface area contributed by atoms with Gasteiger partial charge in [-0.05, 0) is 81.5 Å². The van der Waals surface area contributed by atoms with Crippen LogP contribution in [0.2, 0.25) is 0 Å². The molecule has 0 spiro atoms. The van der Waals surface area contributed by atoms with Crippen LogP contribution in [0.15, 0.2) is 11.6 Å². The van der Waals surface area contributed by atoms with E-state index in [0.29, 0.717) is 0 Å². The van der Waals surface area contributed by atoms with Crippen molar-refractivity contribution in [1.29, 1.82) is 5.26 Å². The summed E-state index contributed by atoms with van der Waals surface area (Å²) in [5.41, 5.74) is 1.44. The maximum atomic E-state index is 10.2. The molecule has 1 nitrogen and oxygen atoms in total. The number of rotatable bonds is 12. The summed E-state index contributed by atoms with van der Waals surface area (Å²) in [6.45, 7) is 4.61. The summed E-state index contributed by atoms with van der Waals surface area (Å²) in [7, 11) is 0. The van der Waals surface area contributed by atoms with Crippen LogP contribution in [0.4, 0.5) is 0 Å². The van der Waals surface area contributed by atoms with Crippen molar-refractivity contribution in [2.24, 2.45) is 29.1 Å². The minimum absolute atomic E-state index is 0.0966. The molecule has 3 rings (SSSR count). The largest absolute Gasteiger partial charge is 0.197 e. The zero-order valence-corrected chi connectivity index (χ0v) is 21.7. The van der Waals surface area contributed by atoms with Crippen LogP contribution in [0.5, 0.6) is 0 Å². The highest BCUT2D eigenvalue weighted by atomic mass is 14.5. The van der Waals surface area contributed by atoms with E-state index in [1.54, 1.807) is 0 Å². The molecule has 0 aromatic rings. The zero-order valence-electron chi connectivity index (χ0n) is 21.7. The summed E-state index contributed by atoms with van der Waals surface area (Å²) in [4.78, 5) is 0. The van der Waals surface area contributed by atoms with Gasteiger partial charge in [0.15, 0.2) is 0 Å². The van der Waals surface area contributed by atoms with Crippen LogP contribution in [0, 0.1) is 40.4 Å². The fourth-order valence-corrected chi connectivity index (χ4v) is 7.36. The lowest BCUT2D eigenvalue weighted by Gasteiger charge is -2.42. The highest BCUT2D eigenvalue weighted by molar-refractivity contribution is 5.26. The lowest BCUT2D eigenvalue weighted by Crippen LogP contribution is -2.33. The molecule has 0 aromatic carbocycles. The molecule has 0 N–H and O–H groups in total. The molecule has 0 bridgehead atoms. The van der Waals surface area contributed by atoms with E-state index in [1.165, 1.54) is 128 Å². The van der Waals surface area contributed by atoms with E-state index in [-0.39, 0.29) is 5.41 Å². The van der Waals surface area contributed by atoms with E-state index in [0.717, 1.165) is 36.5 Å². The van der Waals surface area contributed by atoms with E-state index in [9.17, 15) is 5.26 Å². The Morgan fingerprint density at radius 2 is 1.34 bits per heavy atom. The van der Waals surface area contributed by atoms with Crippen molar-refractivity contribution in [2.75, 3.05) is 0 Å². The SMILES string of the molecule is CCCCCCCC1CCC(C2CCC(C#N)(C3=CCC(CCCCC)CC3)CC2)CC1. The van der Waals surface area contributed by atoms with Crippen LogP contribution in [0.25, 0.3) is 0 Å². The Morgan fingerprint density at radius 1 is 0.750 bits per heavy atom. The minimum Gasteiger partial charge on any atom is -0.197 e. The molecular formula is C31H53N. The summed E-state index contributed by atoms with van der Waals surface area (Å²) >= 11 is 0. The second kappa shape index (κ2) is 13.8. The van der Waals surface area contributed by atoms with E-state index >= 15 is 0 Å². The van der Waals surface area contributed by atoms with Crippen LogP contribution in [-0.2, 0) is 0 Å². The molecular weight excluding hydrogens is 386 g/mol.